The number of halogens is 1. The molecule has 3 rings (SSSR count). The van der Waals surface area contributed by atoms with E-state index in [9.17, 15) is 18.4 Å². The number of carbonyl (C=O) groups excluding carboxylic acids is 1. The number of benzene rings is 2. The SMILES string of the molecule is CCN(C)CC1CN(S(=O)(=O)c2ccc(OCc3cccc(Cl)c3)cc2)C(C(=O)NO)[C@H](C)O1. The fraction of sp³-hybridized carbons (Fsp3) is 0.435. The van der Waals surface area contributed by atoms with Gasteiger partial charge in [-0.2, -0.15) is 4.31 Å². The zero-order valence-electron chi connectivity index (χ0n) is 19.3. The Balaban J connectivity index is 1.80. The molecule has 2 aromatic carbocycles. The number of carbonyl (C=O) groups is 1. The lowest BCUT2D eigenvalue weighted by molar-refractivity contribution is -0.149. The highest BCUT2D eigenvalue weighted by molar-refractivity contribution is 7.89. The summed E-state index contributed by atoms with van der Waals surface area (Å²) in [6, 6.07) is 12.0. The van der Waals surface area contributed by atoms with Gasteiger partial charge in [0.15, 0.2) is 0 Å². The number of hydrogen-bond donors (Lipinski definition) is 2. The summed E-state index contributed by atoms with van der Waals surface area (Å²) in [5, 5.41) is 9.81. The molecule has 1 aliphatic rings. The van der Waals surface area contributed by atoms with Crippen molar-refractivity contribution in [3.8, 4) is 5.75 Å². The summed E-state index contributed by atoms with van der Waals surface area (Å²) in [5.41, 5.74) is 2.45. The van der Waals surface area contributed by atoms with Gasteiger partial charge in [-0.15, -0.1) is 0 Å². The first-order valence-electron chi connectivity index (χ1n) is 10.9. The van der Waals surface area contributed by atoms with Gasteiger partial charge in [-0.1, -0.05) is 30.7 Å². The summed E-state index contributed by atoms with van der Waals surface area (Å²) in [4.78, 5) is 14.4. The average molecular weight is 512 g/mol. The van der Waals surface area contributed by atoms with E-state index in [1.165, 1.54) is 12.1 Å². The Morgan fingerprint density at radius 2 is 2.00 bits per heavy atom. The van der Waals surface area contributed by atoms with Crippen molar-refractivity contribution in [1.29, 1.82) is 0 Å². The highest BCUT2D eigenvalue weighted by Gasteiger charge is 2.45. The maximum Gasteiger partial charge on any atom is 0.264 e. The molecule has 2 unspecified atom stereocenters. The van der Waals surface area contributed by atoms with Crippen LogP contribution >= 0.6 is 11.6 Å². The topological polar surface area (TPSA) is 108 Å². The first-order chi connectivity index (χ1) is 16.1. The zero-order valence-corrected chi connectivity index (χ0v) is 20.9. The smallest absolute Gasteiger partial charge is 0.264 e. The molecule has 0 bridgehead atoms. The molecule has 1 amide bonds. The number of hydroxylamine groups is 1. The number of ether oxygens (including phenoxy) is 2. The van der Waals surface area contributed by atoms with Crippen molar-refractivity contribution in [2.45, 2.75) is 43.6 Å². The highest BCUT2D eigenvalue weighted by Crippen LogP contribution is 2.28. The van der Waals surface area contributed by atoms with Crippen LogP contribution in [0.25, 0.3) is 0 Å². The molecule has 1 saturated heterocycles. The fourth-order valence-corrected chi connectivity index (χ4v) is 5.73. The average Bonchev–Trinajstić information content (AvgIpc) is 2.82. The molecule has 11 heteroatoms. The third kappa shape index (κ3) is 6.26. The Kier molecular flexibility index (Phi) is 8.91. The molecule has 1 fully saturated rings. The maximum atomic E-state index is 13.5. The molecule has 9 nitrogen and oxygen atoms in total. The molecule has 0 aliphatic carbocycles. The number of sulfonamides is 1. The monoisotopic (exact) mass is 511 g/mol. The van der Waals surface area contributed by atoms with Gasteiger partial charge < -0.3 is 14.4 Å². The van der Waals surface area contributed by atoms with Gasteiger partial charge in [-0.05, 0) is 62.5 Å². The van der Waals surface area contributed by atoms with E-state index >= 15 is 0 Å². The van der Waals surface area contributed by atoms with Gasteiger partial charge in [0.05, 0.1) is 17.1 Å². The van der Waals surface area contributed by atoms with Crippen molar-refractivity contribution < 1.29 is 27.9 Å². The third-order valence-corrected chi connectivity index (χ3v) is 7.80. The molecule has 3 atom stereocenters. The van der Waals surface area contributed by atoms with Crippen molar-refractivity contribution in [1.82, 2.24) is 14.7 Å². The molecular weight excluding hydrogens is 482 g/mol. The number of amides is 1. The van der Waals surface area contributed by atoms with Crippen LogP contribution in [-0.2, 0) is 26.2 Å². The molecule has 0 aromatic heterocycles. The van der Waals surface area contributed by atoms with Gasteiger partial charge >= 0.3 is 0 Å². The molecular formula is C23H30ClN3O6S. The lowest BCUT2D eigenvalue weighted by Gasteiger charge is -2.42. The van der Waals surface area contributed by atoms with Gasteiger partial charge in [0.25, 0.3) is 5.91 Å². The van der Waals surface area contributed by atoms with E-state index in [2.05, 4.69) is 0 Å². The normalized spacial score (nSPS) is 21.4. The summed E-state index contributed by atoms with van der Waals surface area (Å²) >= 11 is 5.99. The number of hydrogen-bond acceptors (Lipinski definition) is 7. The first kappa shape index (κ1) is 26.4. The van der Waals surface area contributed by atoms with Crippen LogP contribution in [0.2, 0.25) is 5.02 Å². The summed E-state index contributed by atoms with van der Waals surface area (Å²) in [7, 11) is -2.17. The zero-order chi connectivity index (χ0) is 24.9. The molecule has 0 spiro atoms. The van der Waals surface area contributed by atoms with Crippen LogP contribution < -0.4 is 10.2 Å². The van der Waals surface area contributed by atoms with Crippen LogP contribution in [0.4, 0.5) is 0 Å². The largest absolute Gasteiger partial charge is 0.489 e. The Morgan fingerprint density at radius 3 is 2.62 bits per heavy atom. The Labute approximate surface area is 205 Å². The summed E-state index contributed by atoms with van der Waals surface area (Å²) in [6.45, 7) is 5.11. The van der Waals surface area contributed by atoms with E-state index < -0.39 is 34.2 Å². The maximum absolute atomic E-state index is 13.5. The van der Waals surface area contributed by atoms with Crippen molar-refractivity contribution in [3.63, 3.8) is 0 Å². The molecule has 1 heterocycles. The highest BCUT2D eigenvalue weighted by atomic mass is 35.5. The van der Waals surface area contributed by atoms with Crippen molar-refractivity contribution >= 4 is 27.5 Å². The van der Waals surface area contributed by atoms with Crippen LogP contribution in [0.5, 0.6) is 5.75 Å². The predicted octanol–water partition coefficient (Wildman–Crippen LogP) is 2.52. The van der Waals surface area contributed by atoms with Crippen LogP contribution in [0.3, 0.4) is 0 Å². The second-order valence-electron chi connectivity index (χ2n) is 8.20. The van der Waals surface area contributed by atoms with Crippen molar-refractivity contribution in [3.05, 3.63) is 59.1 Å². The molecule has 2 aromatic rings. The lowest BCUT2D eigenvalue weighted by Crippen LogP contribution is -2.62. The van der Waals surface area contributed by atoms with Gasteiger partial charge in [0.1, 0.15) is 18.4 Å². The van der Waals surface area contributed by atoms with E-state index in [1.54, 1.807) is 36.7 Å². The fourth-order valence-electron chi connectivity index (χ4n) is 3.84. The summed E-state index contributed by atoms with van der Waals surface area (Å²) < 4.78 is 39.8. The van der Waals surface area contributed by atoms with E-state index in [-0.39, 0.29) is 18.0 Å². The Bertz CT molecular complexity index is 1080. The number of rotatable bonds is 9. The van der Waals surface area contributed by atoms with Crippen LogP contribution in [0, 0.1) is 0 Å². The lowest BCUT2D eigenvalue weighted by atomic mass is 10.1. The van der Waals surface area contributed by atoms with E-state index in [0.717, 1.165) is 16.4 Å². The van der Waals surface area contributed by atoms with E-state index in [0.29, 0.717) is 17.3 Å². The third-order valence-electron chi connectivity index (χ3n) is 5.70. The summed E-state index contributed by atoms with van der Waals surface area (Å²) in [6.07, 6.45) is -1.19. The Morgan fingerprint density at radius 1 is 1.29 bits per heavy atom. The molecule has 34 heavy (non-hydrogen) atoms. The number of nitrogens with one attached hydrogen (secondary N) is 1. The van der Waals surface area contributed by atoms with E-state index in [4.69, 9.17) is 21.1 Å². The molecule has 2 N–H and O–H groups in total. The molecule has 0 saturated carbocycles. The predicted molar refractivity (Wildman–Crippen MR) is 127 cm³/mol. The van der Waals surface area contributed by atoms with E-state index in [1.807, 2.05) is 31.0 Å². The standard InChI is InChI=1S/C23H30ClN3O6S/c1-4-26(3)13-20-14-27(22(16(2)33-20)23(28)25-29)34(30,31)21-10-8-19(9-11-21)32-15-17-6-5-7-18(24)12-17/h5-12,16,20,22,29H,4,13-15H2,1-3H3,(H,25,28)/t16-,20?,22?/m0/s1. The number of nitrogens with zero attached hydrogens (tertiary/aromatic N) is 2. The number of morpholine rings is 1. The molecule has 1 aliphatic heterocycles. The van der Waals surface area contributed by atoms with Crippen molar-refractivity contribution in [2.75, 3.05) is 26.7 Å². The minimum absolute atomic E-state index is 0.00930. The van der Waals surface area contributed by atoms with Crippen molar-refractivity contribution in [2.24, 2.45) is 0 Å². The number of likely N-dealkylation sites (N-methyl/N-ethyl adjacent to an activating group) is 1. The van der Waals surface area contributed by atoms with Crippen LogP contribution in [0.15, 0.2) is 53.4 Å². The van der Waals surface area contributed by atoms with Crippen LogP contribution in [0.1, 0.15) is 19.4 Å². The summed E-state index contributed by atoms with van der Waals surface area (Å²) in [5.74, 6) is -0.360. The molecule has 0 radical (unpaired) electrons. The minimum atomic E-state index is -4.07. The van der Waals surface area contributed by atoms with Crippen LogP contribution in [-0.4, -0.2) is 73.7 Å². The van der Waals surface area contributed by atoms with Gasteiger partial charge in [-0.3, -0.25) is 10.0 Å². The minimum Gasteiger partial charge on any atom is -0.489 e. The second-order valence-corrected chi connectivity index (χ2v) is 10.5. The second kappa shape index (κ2) is 11.5. The van der Waals surface area contributed by atoms with Gasteiger partial charge in [-0.25, -0.2) is 13.9 Å². The molecule has 186 valence electrons. The Hall–Kier alpha value is -2.21. The van der Waals surface area contributed by atoms with Gasteiger partial charge in [0, 0.05) is 18.1 Å². The first-order valence-corrected chi connectivity index (χ1v) is 12.7. The quantitative estimate of drug-likeness (QED) is 0.393. The van der Waals surface area contributed by atoms with Gasteiger partial charge in [0.2, 0.25) is 10.0 Å².